The van der Waals surface area contributed by atoms with Gasteiger partial charge in [0.1, 0.15) is 12.2 Å². The van der Waals surface area contributed by atoms with Gasteiger partial charge in [0, 0.05) is 43.5 Å². The number of aryl methyl sites for hydroxylation is 1. The van der Waals surface area contributed by atoms with Crippen molar-refractivity contribution >= 4 is 40.8 Å². The van der Waals surface area contributed by atoms with Crippen molar-refractivity contribution in [3.63, 3.8) is 0 Å². The molecule has 1 atom stereocenters. The fourth-order valence-electron chi connectivity index (χ4n) is 3.29. The summed E-state index contributed by atoms with van der Waals surface area (Å²) in [7, 11) is 0.453. The first kappa shape index (κ1) is 24.8. The number of rotatable bonds is 9. The van der Waals surface area contributed by atoms with E-state index in [1.807, 2.05) is 20.8 Å². The van der Waals surface area contributed by atoms with Gasteiger partial charge in [0.05, 0.1) is 18.2 Å². The molecule has 2 aromatic rings. The number of ether oxygens (including phenoxy) is 1. The number of hydrogen-bond donors (Lipinski definition) is 2. The average molecular weight is 501 g/mol. The number of carbonyl (C=O) groups is 1. The number of halogens is 1. The lowest BCUT2D eigenvalue weighted by Gasteiger charge is -2.20. The second-order valence-electron chi connectivity index (χ2n) is 9.36. The lowest BCUT2D eigenvalue weighted by atomic mass is 10.0. The Morgan fingerprint density at radius 1 is 1.33 bits per heavy atom. The zero-order valence-electron chi connectivity index (χ0n) is 19.0. The minimum absolute atomic E-state index is 0.0776. The Kier molecular flexibility index (Phi) is 8.12. The molecule has 0 fully saturated rings. The molecule has 2 N–H and O–H groups in total. The first-order valence-electron chi connectivity index (χ1n) is 10.3. The van der Waals surface area contributed by atoms with Gasteiger partial charge >= 0.3 is 0 Å². The molecule has 168 valence electrons. The minimum atomic E-state index is -1.23. The van der Waals surface area contributed by atoms with Crippen LogP contribution in [0.1, 0.15) is 29.9 Å². The fraction of sp³-hybridized carbons (Fsp3) is 0.619. The average Bonchev–Trinajstić information content (AvgIpc) is 2.93. The Morgan fingerprint density at radius 2 is 1.97 bits per heavy atom. The molecule has 0 aromatic carbocycles. The van der Waals surface area contributed by atoms with Gasteiger partial charge in [-0.2, -0.15) is 0 Å². The molecule has 0 aliphatic carbocycles. The third-order valence-corrected chi connectivity index (χ3v) is 7.66. The van der Waals surface area contributed by atoms with Crippen LogP contribution < -0.4 is 10.9 Å². The minimum Gasteiger partial charge on any atom is -0.394 e. The second-order valence-corrected chi connectivity index (χ2v) is 15.8. The van der Waals surface area contributed by atoms with Crippen molar-refractivity contribution in [3.8, 4) is 0 Å². The summed E-state index contributed by atoms with van der Waals surface area (Å²) in [5, 5.41) is 13.1. The van der Waals surface area contributed by atoms with Crippen molar-refractivity contribution in [3.05, 3.63) is 32.3 Å². The van der Waals surface area contributed by atoms with E-state index in [4.69, 9.17) is 4.74 Å². The van der Waals surface area contributed by atoms with E-state index < -0.39 is 8.07 Å². The van der Waals surface area contributed by atoms with Crippen molar-refractivity contribution in [2.45, 2.75) is 59.2 Å². The summed E-state index contributed by atoms with van der Waals surface area (Å²) < 4.78 is 9.86. The van der Waals surface area contributed by atoms with E-state index in [1.165, 1.54) is 4.57 Å². The summed E-state index contributed by atoms with van der Waals surface area (Å²) in [6, 6.07) is 0.654. The normalized spacial score (nSPS) is 13.3. The van der Waals surface area contributed by atoms with Gasteiger partial charge in [-0.25, -0.2) is 0 Å². The van der Waals surface area contributed by atoms with Crippen molar-refractivity contribution < 1.29 is 14.6 Å². The molecule has 2 rings (SSSR count). The van der Waals surface area contributed by atoms with E-state index in [0.29, 0.717) is 33.2 Å². The van der Waals surface area contributed by atoms with Gasteiger partial charge in [0.15, 0.2) is 0 Å². The number of nitrogens with zero attached hydrogens (tertiary/aromatic N) is 2. The van der Waals surface area contributed by atoms with Crippen LogP contribution in [0.25, 0.3) is 10.9 Å². The molecule has 7 nitrogen and oxygen atoms in total. The van der Waals surface area contributed by atoms with Crippen LogP contribution in [-0.4, -0.2) is 47.5 Å². The third-order valence-electron chi connectivity index (χ3n) is 5.35. The van der Waals surface area contributed by atoms with Crippen LogP contribution in [0.5, 0.6) is 0 Å². The van der Waals surface area contributed by atoms with E-state index >= 15 is 0 Å². The summed E-state index contributed by atoms with van der Waals surface area (Å²) >= 11 is 3.53. The number of pyridine rings is 1. The van der Waals surface area contributed by atoms with Gasteiger partial charge < -0.3 is 24.3 Å². The number of aliphatic hydroxyl groups excluding tert-OH is 1. The molecular weight excluding hydrogens is 466 g/mol. The van der Waals surface area contributed by atoms with E-state index in [2.05, 4.69) is 40.9 Å². The molecule has 0 bridgehead atoms. The topological polar surface area (TPSA) is 85.5 Å². The van der Waals surface area contributed by atoms with E-state index in [0.717, 1.165) is 6.04 Å². The Hall–Kier alpha value is -1.42. The predicted molar refractivity (Wildman–Crippen MR) is 127 cm³/mol. The number of hydrogen-bond acceptors (Lipinski definition) is 4. The maximum Gasteiger partial charge on any atom is 0.274 e. The molecule has 2 heterocycles. The molecule has 9 heteroatoms. The van der Waals surface area contributed by atoms with Gasteiger partial charge in [-0.3, -0.25) is 9.59 Å². The van der Waals surface area contributed by atoms with Gasteiger partial charge in [-0.1, -0.05) is 33.5 Å². The zero-order valence-corrected chi connectivity index (χ0v) is 21.6. The second kappa shape index (κ2) is 9.80. The molecule has 0 spiro atoms. The number of fused-ring (bicyclic) bond motifs is 1. The molecule has 1 unspecified atom stereocenters. The van der Waals surface area contributed by atoms with Crippen LogP contribution in [0.2, 0.25) is 25.7 Å². The molecule has 1 amide bonds. The lowest BCUT2D eigenvalue weighted by molar-refractivity contribution is 0.0868. The first-order valence-corrected chi connectivity index (χ1v) is 14.8. The van der Waals surface area contributed by atoms with Crippen LogP contribution in [0.15, 0.2) is 15.5 Å². The van der Waals surface area contributed by atoms with Crippen LogP contribution in [0.3, 0.4) is 0 Å². The Labute approximate surface area is 187 Å². The molecule has 2 aromatic heterocycles. The van der Waals surface area contributed by atoms with Crippen molar-refractivity contribution in [1.29, 1.82) is 0 Å². The lowest BCUT2D eigenvalue weighted by Crippen LogP contribution is -2.41. The van der Waals surface area contributed by atoms with Crippen molar-refractivity contribution in [1.82, 2.24) is 14.5 Å². The largest absolute Gasteiger partial charge is 0.394 e. The highest BCUT2D eigenvalue weighted by atomic mass is 79.9. The van der Waals surface area contributed by atoms with E-state index in [1.54, 1.807) is 17.8 Å². The van der Waals surface area contributed by atoms with Gasteiger partial charge in [0.2, 0.25) is 0 Å². The first-order chi connectivity index (χ1) is 13.9. The number of aromatic nitrogens is 2. The predicted octanol–water partition coefficient (Wildman–Crippen LogP) is 3.47. The smallest absolute Gasteiger partial charge is 0.274 e. The number of aliphatic hydroxyl groups is 1. The Bertz CT molecular complexity index is 976. The highest BCUT2D eigenvalue weighted by Crippen LogP contribution is 2.30. The van der Waals surface area contributed by atoms with Crippen LogP contribution in [0, 0.1) is 12.8 Å². The number of nitrogens with one attached hydrogen (secondary N) is 1. The van der Waals surface area contributed by atoms with Gasteiger partial charge in [-0.05, 0) is 34.8 Å². The van der Waals surface area contributed by atoms with Gasteiger partial charge in [0.25, 0.3) is 11.5 Å². The van der Waals surface area contributed by atoms with Gasteiger partial charge in [-0.15, -0.1) is 0 Å². The SMILES string of the molecule is Cc1c(C(=O)NC(CO)C(C)C)c2c(Br)cn(C)c(=O)c2n1COCC[Si](C)(C)C. The van der Waals surface area contributed by atoms with Crippen molar-refractivity contribution in [2.75, 3.05) is 13.2 Å². The summed E-state index contributed by atoms with van der Waals surface area (Å²) in [5.74, 6) is -0.228. The zero-order chi connectivity index (χ0) is 22.8. The molecule has 0 aliphatic rings. The monoisotopic (exact) mass is 499 g/mol. The number of amides is 1. The Balaban J connectivity index is 2.53. The summed E-state index contributed by atoms with van der Waals surface area (Å²) in [4.78, 5) is 26.1. The molecule has 0 radical (unpaired) electrons. The Morgan fingerprint density at radius 3 is 2.50 bits per heavy atom. The maximum absolute atomic E-state index is 13.2. The standard InChI is InChI=1S/C21H34BrN3O4Si/c1-13(2)16(11-26)23-20(27)17-14(3)25(12-29-8-9-30(5,6)7)19-18(17)15(22)10-24(4)21(19)28/h10,13,16,26H,8-9,11-12H2,1-7H3,(H,23,27). The molecule has 0 saturated carbocycles. The fourth-order valence-corrected chi connectivity index (χ4v) is 4.74. The maximum atomic E-state index is 13.2. The highest BCUT2D eigenvalue weighted by molar-refractivity contribution is 9.10. The van der Waals surface area contributed by atoms with Crippen LogP contribution >= 0.6 is 15.9 Å². The van der Waals surface area contributed by atoms with Crippen LogP contribution in [0.4, 0.5) is 0 Å². The molecule has 0 aliphatic heterocycles. The molecular formula is C21H34BrN3O4Si. The van der Waals surface area contributed by atoms with E-state index in [9.17, 15) is 14.7 Å². The highest BCUT2D eigenvalue weighted by Gasteiger charge is 2.27. The van der Waals surface area contributed by atoms with E-state index in [-0.39, 0.29) is 36.8 Å². The molecule has 0 saturated heterocycles. The van der Waals surface area contributed by atoms with Crippen molar-refractivity contribution in [2.24, 2.45) is 13.0 Å². The summed E-state index contributed by atoms with van der Waals surface area (Å²) in [5.41, 5.74) is 1.35. The quantitative estimate of drug-likeness (QED) is 0.408. The number of carbonyl (C=O) groups excluding carboxylic acids is 1. The summed E-state index contributed by atoms with van der Waals surface area (Å²) in [6.45, 7) is 13.2. The summed E-state index contributed by atoms with van der Waals surface area (Å²) in [6.07, 6.45) is 1.67. The molecule has 30 heavy (non-hydrogen) atoms. The van der Waals surface area contributed by atoms with Crippen LogP contribution in [-0.2, 0) is 18.5 Å². The third kappa shape index (κ3) is 5.43.